The van der Waals surface area contributed by atoms with E-state index in [0.717, 1.165) is 11.8 Å². The second kappa shape index (κ2) is 10.2. The Hall–Kier alpha value is 0. The van der Waals surface area contributed by atoms with E-state index in [2.05, 4.69) is 13.8 Å². The van der Waals surface area contributed by atoms with Crippen molar-refractivity contribution in [1.82, 2.24) is 0 Å². The van der Waals surface area contributed by atoms with Gasteiger partial charge in [-0.3, -0.25) is 0 Å². The standard InChI is InChI=1S/C8H16.C7H14.CH4/c1-2-8-6-4-3-5-7-8;1-7-5-3-2-4-6-7;/h8H,2-7H2,1H3;7H,2-6H2,1H3;1H4. The molecule has 0 aromatic carbocycles. The fourth-order valence-electron chi connectivity index (χ4n) is 2.90. The van der Waals surface area contributed by atoms with Crippen LogP contribution >= 0.6 is 0 Å². The van der Waals surface area contributed by atoms with E-state index in [4.69, 9.17) is 0 Å². The van der Waals surface area contributed by atoms with Crippen molar-refractivity contribution >= 4 is 0 Å². The smallest absolute Gasteiger partial charge is 0.0417 e. The third kappa shape index (κ3) is 7.30. The molecule has 0 bridgehead atoms. The van der Waals surface area contributed by atoms with Crippen LogP contribution in [0.1, 0.15) is 91.9 Å². The van der Waals surface area contributed by atoms with E-state index in [1.807, 2.05) is 0 Å². The largest absolute Gasteiger partial charge is 0.0776 e. The van der Waals surface area contributed by atoms with Crippen molar-refractivity contribution in [3.8, 4) is 0 Å². The van der Waals surface area contributed by atoms with Crippen LogP contribution in [0.25, 0.3) is 0 Å². The summed E-state index contributed by atoms with van der Waals surface area (Å²) in [5, 5.41) is 0. The normalized spacial score (nSPS) is 22.9. The molecule has 0 unspecified atom stereocenters. The highest BCUT2D eigenvalue weighted by Gasteiger charge is 2.09. The zero-order valence-electron chi connectivity index (χ0n) is 10.9. The molecule has 0 spiro atoms. The lowest BCUT2D eigenvalue weighted by molar-refractivity contribution is 0.349. The van der Waals surface area contributed by atoms with Gasteiger partial charge in [-0.1, -0.05) is 91.9 Å². The SMILES string of the molecule is C.CC1CCCCC1.CCC1CCCCC1. The summed E-state index contributed by atoms with van der Waals surface area (Å²) < 4.78 is 0. The zero-order chi connectivity index (χ0) is 10.9. The number of hydrogen-bond donors (Lipinski definition) is 0. The summed E-state index contributed by atoms with van der Waals surface area (Å²) in [6.07, 6.45) is 16.4. The zero-order valence-corrected chi connectivity index (χ0v) is 10.9. The number of rotatable bonds is 1. The summed E-state index contributed by atoms with van der Waals surface area (Å²) in [6, 6.07) is 0. The van der Waals surface area contributed by atoms with Gasteiger partial charge < -0.3 is 0 Å². The predicted octanol–water partition coefficient (Wildman–Crippen LogP) is 6.20. The summed E-state index contributed by atoms with van der Waals surface area (Å²) in [5.74, 6) is 2.12. The Bertz CT molecular complexity index is 127. The van der Waals surface area contributed by atoms with Gasteiger partial charge in [0, 0.05) is 0 Å². The summed E-state index contributed by atoms with van der Waals surface area (Å²) in [7, 11) is 0. The molecule has 0 radical (unpaired) electrons. The molecule has 0 amide bonds. The first kappa shape index (κ1) is 16.0. The van der Waals surface area contributed by atoms with Crippen LogP contribution in [0, 0.1) is 11.8 Å². The maximum Gasteiger partial charge on any atom is -0.0417 e. The summed E-state index contributed by atoms with van der Waals surface area (Å²) in [6.45, 7) is 4.68. The monoisotopic (exact) mass is 226 g/mol. The Labute approximate surface area is 104 Å². The van der Waals surface area contributed by atoms with E-state index in [1.165, 1.54) is 70.6 Å². The van der Waals surface area contributed by atoms with Crippen molar-refractivity contribution in [3.63, 3.8) is 0 Å². The van der Waals surface area contributed by atoms with E-state index in [1.54, 1.807) is 0 Å². The maximum atomic E-state index is 2.36. The van der Waals surface area contributed by atoms with Crippen molar-refractivity contribution in [2.45, 2.75) is 91.9 Å². The topological polar surface area (TPSA) is 0 Å². The van der Waals surface area contributed by atoms with Crippen molar-refractivity contribution in [3.05, 3.63) is 0 Å². The van der Waals surface area contributed by atoms with Crippen LogP contribution < -0.4 is 0 Å². The van der Waals surface area contributed by atoms with Crippen LogP contribution in [-0.2, 0) is 0 Å². The Morgan fingerprint density at radius 1 is 0.750 bits per heavy atom. The molecular formula is C16H34. The first-order chi connectivity index (χ1) is 7.33. The van der Waals surface area contributed by atoms with E-state index >= 15 is 0 Å². The van der Waals surface area contributed by atoms with E-state index in [-0.39, 0.29) is 7.43 Å². The molecule has 2 fully saturated rings. The molecule has 0 atom stereocenters. The van der Waals surface area contributed by atoms with Crippen LogP contribution in [0.5, 0.6) is 0 Å². The molecule has 0 aromatic rings. The lowest BCUT2D eigenvalue weighted by atomic mass is 9.88. The van der Waals surface area contributed by atoms with Gasteiger partial charge in [0.2, 0.25) is 0 Å². The Morgan fingerprint density at radius 2 is 1.19 bits per heavy atom. The molecule has 0 heteroatoms. The third-order valence-electron chi connectivity index (χ3n) is 4.20. The second-order valence-corrected chi connectivity index (χ2v) is 5.66. The first-order valence-corrected chi connectivity index (χ1v) is 7.33. The number of hydrogen-bond acceptors (Lipinski definition) is 0. The minimum absolute atomic E-state index is 0. The van der Waals surface area contributed by atoms with Gasteiger partial charge in [0.1, 0.15) is 0 Å². The Balaban J connectivity index is 0.000000267. The van der Waals surface area contributed by atoms with Gasteiger partial charge in [-0.25, -0.2) is 0 Å². The van der Waals surface area contributed by atoms with Crippen LogP contribution in [-0.4, -0.2) is 0 Å². The average Bonchev–Trinajstić information content (AvgIpc) is 2.32. The quantitative estimate of drug-likeness (QED) is 0.499. The van der Waals surface area contributed by atoms with Gasteiger partial charge in [0.15, 0.2) is 0 Å². The molecular weight excluding hydrogens is 192 g/mol. The summed E-state index contributed by atoms with van der Waals surface area (Å²) in [4.78, 5) is 0. The van der Waals surface area contributed by atoms with Crippen molar-refractivity contribution in [1.29, 1.82) is 0 Å². The molecule has 98 valence electrons. The van der Waals surface area contributed by atoms with Crippen LogP contribution in [0.3, 0.4) is 0 Å². The fraction of sp³-hybridized carbons (Fsp3) is 1.00. The lowest BCUT2D eigenvalue weighted by Gasteiger charge is -2.18. The van der Waals surface area contributed by atoms with Crippen LogP contribution in [0.4, 0.5) is 0 Å². The Morgan fingerprint density at radius 3 is 1.44 bits per heavy atom. The predicted molar refractivity (Wildman–Crippen MR) is 75.8 cm³/mol. The maximum absolute atomic E-state index is 2.36. The molecule has 0 aliphatic heterocycles. The lowest BCUT2D eigenvalue weighted by Crippen LogP contribution is -2.03. The molecule has 0 nitrogen and oxygen atoms in total. The summed E-state index contributed by atoms with van der Waals surface area (Å²) in [5.41, 5.74) is 0. The minimum Gasteiger partial charge on any atom is -0.0776 e. The third-order valence-corrected chi connectivity index (χ3v) is 4.20. The van der Waals surface area contributed by atoms with E-state index < -0.39 is 0 Å². The molecule has 2 rings (SSSR count). The van der Waals surface area contributed by atoms with Crippen LogP contribution in [0.2, 0.25) is 0 Å². The minimum atomic E-state index is 0. The molecule has 16 heavy (non-hydrogen) atoms. The Kier molecular flexibility index (Phi) is 10.2. The van der Waals surface area contributed by atoms with Crippen molar-refractivity contribution < 1.29 is 0 Å². The van der Waals surface area contributed by atoms with Gasteiger partial charge in [-0.05, 0) is 11.8 Å². The van der Waals surface area contributed by atoms with Gasteiger partial charge in [-0.2, -0.15) is 0 Å². The fourth-order valence-corrected chi connectivity index (χ4v) is 2.90. The van der Waals surface area contributed by atoms with Crippen molar-refractivity contribution in [2.75, 3.05) is 0 Å². The van der Waals surface area contributed by atoms with Gasteiger partial charge in [0.05, 0.1) is 0 Å². The van der Waals surface area contributed by atoms with Gasteiger partial charge >= 0.3 is 0 Å². The highest BCUT2D eigenvalue weighted by atomic mass is 14.2. The average molecular weight is 226 g/mol. The highest BCUT2D eigenvalue weighted by Crippen LogP contribution is 2.25. The second-order valence-electron chi connectivity index (χ2n) is 5.66. The van der Waals surface area contributed by atoms with Gasteiger partial charge in [0.25, 0.3) is 0 Å². The molecule has 2 aliphatic carbocycles. The molecule has 2 saturated carbocycles. The molecule has 0 saturated heterocycles. The van der Waals surface area contributed by atoms with Crippen molar-refractivity contribution in [2.24, 2.45) is 11.8 Å². The first-order valence-electron chi connectivity index (χ1n) is 7.33. The molecule has 0 N–H and O–H groups in total. The molecule has 0 aromatic heterocycles. The van der Waals surface area contributed by atoms with E-state index in [9.17, 15) is 0 Å². The molecule has 2 aliphatic rings. The van der Waals surface area contributed by atoms with Gasteiger partial charge in [-0.15, -0.1) is 0 Å². The summed E-state index contributed by atoms with van der Waals surface area (Å²) >= 11 is 0. The highest BCUT2D eigenvalue weighted by molar-refractivity contribution is 4.63. The molecule has 0 heterocycles. The van der Waals surface area contributed by atoms with E-state index in [0.29, 0.717) is 0 Å². The van der Waals surface area contributed by atoms with Crippen LogP contribution in [0.15, 0.2) is 0 Å².